The molecule has 1 fully saturated rings. The number of carbonyl (C=O) groups is 2. The Morgan fingerprint density at radius 3 is 2.01 bits per heavy atom. The van der Waals surface area contributed by atoms with Crippen LogP contribution in [0, 0.1) is 11.3 Å². The summed E-state index contributed by atoms with van der Waals surface area (Å²) in [6, 6.07) is 15.4. The molecule has 24 heteroatoms. The minimum absolute atomic E-state index is 0.145. The average Bonchev–Trinajstić information content (AvgIpc) is 3.89. The highest BCUT2D eigenvalue weighted by Crippen LogP contribution is 2.73. The van der Waals surface area contributed by atoms with Gasteiger partial charge in [0.15, 0.2) is 12.3 Å². The summed E-state index contributed by atoms with van der Waals surface area (Å²) in [6.07, 6.45) is 4.75. The van der Waals surface area contributed by atoms with Gasteiger partial charge in [0, 0.05) is 65.6 Å². The maximum atomic E-state index is 12.7. The van der Waals surface area contributed by atoms with Crippen molar-refractivity contribution in [3.8, 4) is 5.75 Å². The lowest BCUT2D eigenvalue weighted by Gasteiger charge is -2.41. The smallest absolute Gasteiger partial charge is 0.294 e. The summed E-state index contributed by atoms with van der Waals surface area (Å²) >= 11 is 3.09. The number of ether oxygens (including phenoxy) is 1. The Hall–Kier alpha value is -4.79. The largest absolute Gasteiger partial charge is 0.460 e. The van der Waals surface area contributed by atoms with Gasteiger partial charge in [0.25, 0.3) is 40.5 Å². The number of benzene rings is 3. The summed E-state index contributed by atoms with van der Waals surface area (Å²) in [7, 11) is -18.3. The minimum Gasteiger partial charge on any atom is -0.460 e. The number of nitrogens with one attached hydrogen (secondary N) is 2. The quantitative estimate of drug-likeness (QED) is 0.0379. The molecular formula is C48H56BrN4O15S4+. The van der Waals surface area contributed by atoms with Crippen LogP contribution in [-0.4, -0.2) is 117 Å². The SMILES string of the molecule is CC1(C)C(=C2CC23C(Oc2ccc(CCC(=O)NCCCNC(=O)CBr)cc2)=C2CCC3C=C2C2=[N+](CCS(=O)(=O)O)c3ccc(S(=O)(=O)O)cc3C2(C)C)N(CCS(=O)(=O)O)c2ccc(S(=O)(=O)O)cc21. The van der Waals surface area contributed by atoms with Crippen molar-refractivity contribution in [2.75, 3.05) is 47.9 Å². The van der Waals surface area contributed by atoms with Gasteiger partial charge in [-0.2, -0.15) is 38.2 Å². The van der Waals surface area contributed by atoms with Crippen molar-refractivity contribution in [3.63, 3.8) is 0 Å². The summed E-state index contributed by atoms with van der Waals surface area (Å²) in [4.78, 5) is 25.2. The zero-order chi connectivity index (χ0) is 52.6. The lowest BCUT2D eigenvalue weighted by atomic mass is 9.64. The highest BCUT2D eigenvalue weighted by atomic mass is 79.9. The first-order chi connectivity index (χ1) is 33.5. The molecule has 0 saturated heterocycles. The Labute approximate surface area is 427 Å². The van der Waals surface area contributed by atoms with E-state index in [9.17, 15) is 61.5 Å². The molecule has 2 aliphatic heterocycles. The van der Waals surface area contributed by atoms with E-state index in [-0.39, 0.29) is 52.4 Å². The molecule has 2 atom stereocenters. The second kappa shape index (κ2) is 19.2. The molecule has 4 aliphatic carbocycles. The number of rotatable bonds is 19. The third kappa shape index (κ3) is 10.5. The molecule has 6 aliphatic rings. The molecule has 3 aromatic rings. The average molecular weight is 1140 g/mol. The van der Waals surface area contributed by atoms with Crippen LogP contribution in [0.3, 0.4) is 0 Å². The summed E-state index contributed by atoms with van der Waals surface area (Å²) < 4.78 is 148. The van der Waals surface area contributed by atoms with E-state index < -0.39 is 68.2 Å². The Morgan fingerprint density at radius 1 is 0.792 bits per heavy atom. The van der Waals surface area contributed by atoms with Crippen molar-refractivity contribution in [1.29, 1.82) is 0 Å². The Bertz CT molecular complexity index is 3380. The molecule has 72 heavy (non-hydrogen) atoms. The summed E-state index contributed by atoms with van der Waals surface area (Å²) in [5.41, 5.74) is 3.42. The van der Waals surface area contributed by atoms with Crippen LogP contribution in [0.25, 0.3) is 0 Å². The van der Waals surface area contributed by atoms with Gasteiger partial charge in [0.1, 0.15) is 17.3 Å². The monoisotopic (exact) mass is 1140 g/mol. The number of allylic oxidation sites excluding steroid dienone is 5. The lowest BCUT2D eigenvalue weighted by Crippen LogP contribution is -2.40. The first kappa shape index (κ1) is 53.5. The van der Waals surface area contributed by atoms with E-state index in [1.54, 1.807) is 21.6 Å². The molecule has 9 rings (SSSR count). The zero-order valence-electron chi connectivity index (χ0n) is 39.8. The lowest BCUT2D eigenvalue weighted by molar-refractivity contribution is -0.432. The van der Waals surface area contributed by atoms with Gasteiger partial charge in [-0.1, -0.05) is 48.0 Å². The van der Waals surface area contributed by atoms with Gasteiger partial charge in [-0.25, -0.2) is 0 Å². The van der Waals surface area contributed by atoms with Crippen molar-refractivity contribution in [2.24, 2.45) is 11.3 Å². The van der Waals surface area contributed by atoms with E-state index in [0.717, 1.165) is 16.7 Å². The van der Waals surface area contributed by atoms with Crippen LogP contribution in [0.5, 0.6) is 5.75 Å². The zero-order valence-corrected chi connectivity index (χ0v) is 44.7. The van der Waals surface area contributed by atoms with Crippen molar-refractivity contribution in [1.82, 2.24) is 10.6 Å². The van der Waals surface area contributed by atoms with Crippen LogP contribution in [-0.2, 0) is 67.3 Å². The topological polar surface area (TPSA) is 291 Å². The molecule has 2 amide bonds. The molecule has 0 radical (unpaired) electrons. The first-order valence-corrected chi connectivity index (χ1v) is 30.3. The van der Waals surface area contributed by atoms with E-state index in [4.69, 9.17) is 4.74 Å². The van der Waals surface area contributed by atoms with Gasteiger partial charge >= 0.3 is 0 Å². The Kier molecular flexibility index (Phi) is 14.2. The fourth-order valence-electron chi connectivity index (χ4n) is 11.0. The highest BCUT2D eigenvalue weighted by Gasteiger charge is 2.67. The van der Waals surface area contributed by atoms with Crippen LogP contribution in [0.1, 0.15) is 76.5 Å². The maximum absolute atomic E-state index is 12.7. The molecule has 2 unspecified atom stereocenters. The molecule has 0 aromatic heterocycles. The summed E-state index contributed by atoms with van der Waals surface area (Å²) in [5, 5.41) is 5.78. The number of halogens is 1. The van der Waals surface area contributed by atoms with Gasteiger partial charge in [-0.05, 0) is 111 Å². The molecular weight excluding hydrogens is 1080 g/mol. The number of amides is 2. The summed E-state index contributed by atoms with van der Waals surface area (Å²) in [6.45, 7) is 7.81. The van der Waals surface area contributed by atoms with Gasteiger partial charge in [-0.3, -0.25) is 27.8 Å². The van der Waals surface area contributed by atoms with Gasteiger partial charge in [0.2, 0.25) is 17.5 Å². The van der Waals surface area contributed by atoms with E-state index in [2.05, 4.69) is 32.6 Å². The first-order valence-electron chi connectivity index (χ1n) is 23.1. The molecule has 1 saturated carbocycles. The number of anilines is 1. The van der Waals surface area contributed by atoms with E-state index >= 15 is 0 Å². The third-order valence-corrected chi connectivity index (χ3v) is 18.0. The number of alkyl halides is 1. The molecule has 3 aromatic carbocycles. The maximum Gasteiger partial charge on any atom is 0.294 e. The highest BCUT2D eigenvalue weighted by molar-refractivity contribution is 9.09. The van der Waals surface area contributed by atoms with Crippen LogP contribution < -0.4 is 20.3 Å². The molecule has 1 spiro atoms. The third-order valence-electron chi connectivity index (χ3n) is 14.4. The minimum atomic E-state index is -4.66. The number of fused-ring (bicyclic) bond motifs is 3. The number of carbonyl (C=O) groups excluding carboxylic acids is 2. The molecule has 2 heterocycles. The van der Waals surface area contributed by atoms with E-state index in [0.29, 0.717) is 96.2 Å². The predicted molar refractivity (Wildman–Crippen MR) is 270 cm³/mol. The fraction of sp³-hybridized carbons (Fsp3) is 0.438. The van der Waals surface area contributed by atoms with Crippen molar-refractivity contribution >= 4 is 85.3 Å². The summed E-state index contributed by atoms with van der Waals surface area (Å²) in [5.74, 6) is -0.976. The predicted octanol–water partition coefficient (Wildman–Crippen LogP) is 5.41. The van der Waals surface area contributed by atoms with Crippen LogP contribution in [0.2, 0.25) is 0 Å². The Balaban J connectivity index is 1.23. The second-order valence-corrected chi connectivity index (χ2v) is 26.3. The number of hydrogen-bond acceptors (Lipinski definition) is 12. The molecule has 19 nitrogen and oxygen atoms in total. The number of hydrogen-bond donors (Lipinski definition) is 6. The fourth-order valence-corrected chi connectivity index (χ4v) is 13.1. The van der Waals surface area contributed by atoms with Crippen molar-refractivity contribution in [3.05, 3.63) is 112 Å². The van der Waals surface area contributed by atoms with Crippen molar-refractivity contribution in [2.45, 2.75) is 86.8 Å². The van der Waals surface area contributed by atoms with Crippen LogP contribution >= 0.6 is 15.9 Å². The normalized spacial score (nSPS) is 22.0. The van der Waals surface area contributed by atoms with Crippen LogP contribution in [0.4, 0.5) is 11.4 Å². The number of nitrogens with zero attached hydrogens (tertiary/aromatic N) is 2. The number of aryl methyl sites for hydroxylation is 1. The van der Waals surface area contributed by atoms with Gasteiger partial charge in [-0.15, -0.1) is 0 Å². The van der Waals surface area contributed by atoms with E-state index in [1.807, 2.05) is 39.8 Å². The van der Waals surface area contributed by atoms with Crippen molar-refractivity contribution < 1.29 is 70.8 Å². The Morgan fingerprint density at radius 2 is 1.40 bits per heavy atom. The van der Waals surface area contributed by atoms with Crippen LogP contribution in [0.15, 0.2) is 105 Å². The second-order valence-electron chi connectivity index (χ2n) is 19.7. The molecule has 388 valence electrons. The standard InChI is InChI=1S/C48H55BrN4O15S4/c1-46(2)36-25-32(71(62,63)64)12-15-39(36)52(20-22-69(56,57)58)43(46)35-24-30-9-14-34(35)45(68-31-10-6-29(7-11-31)8-17-41(54)50-18-5-19-51-42(55)28-49)48(30)27-38(48)44-47(3,4)37-26-33(72(65,66)67)13-16-40(37)53(44)21-23-70(59,60)61/h6-7,10-13,15-16,24-26,30H,5,8-9,14,17-23,27-28H2,1-4H3,(H5-,50,51,54,55,56,57,58,59,60,61,62,63,64,65,66,67)/p+1. The molecule has 2 bridgehead atoms. The van der Waals surface area contributed by atoms with E-state index in [1.165, 1.54) is 36.4 Å². The van der Waals surface area contributed by atoms with Gasteiger partial charge in [0.05, 0.1) is 31.7 Å². The van der Waals surface area contributed by atoms with Gasteiger partial charge < -0.3 is 20.3 Å². The molecule has 6 N–H and O–H groups in total.